The van der Waals surface area contributed by atoms with Crippen molar-refractivity contribution in [1.82, 2.24) is 0 Å². The van der Waals surface area contributed by atoms with Gasteiger partial charge in [0.15, 0.2) is 0 Å². The summed E-state index contributed by atoms with van der Waals surface area (Å²) in [7, 11) is -3.11. The van der Waals surface area contributed by atoms with Crippen LogP contribution >= 0.6 is 7.60 Å². The lowest BCUT2D eigenvalue weighted by atomic mass is 9.98. The number of rotatable bonds is 5. The quantitative estimate of drug-likeness (QED) is 0.667. The second-order valence-corrected chi connectivity index (χ2v) is 7.33. The molecule has 0 aliphatic rings. The van der Waals surface area contributed by atoms with Crippen LogP contribution in [-0.2, 0) is 13.6 Å². The summed E-state index contributed by atoms with van der Waals surface area (Å²) < 4.78 is 23.1. The molecule has 0 aromatic heterocycles. The molecule has 16 heavy (non-hydrogen) atoms. The summed E-state index contributed by atoms with van der Waals surface area (Å²) in [5, 5.41) is 0. The second kappa shape index (κ2) is 6.00. The van der Waals surface area contributed by atoms with Gasteiger partial charge in [-0.15, -0.1) is 0 Å². The van der Waals surface area contributed by atoms with Gasteiger partial charge in [-0.3, -0.25) is 4.57 Å². The van der Waals surface area contributed by atoms with Crippen LogP contribution in [0.2, 0.25) is 0 Å². The first kappa shape index (κ1) is 15.9. The van der Waals surface area contributed by atoms with Crippen molar-refractivity contribution in [3.63, 3.8) is 0 Å². The Bertz CT molecular complexity index is 260. The third-order valence-electron chi connectivity index (χ3n) is 1.47. The van der Waals surface area contributed by atoms with Gasteiger partial charge < -0.3 is 9.05 Å². The maximum Gasteiger partial charge on any atom is 0.354 e. The van der Waals surface area contributed by atoms with Crippen LogP contribution < -0.4 is 0 Å². The summed E-state index contributed by atoms with van der Waals surface area (Å²) in [6, 6.07) is 0. The smallest absolute Gasteiger partial charge is 0.303 e. The van der Waals surface area contributed by atoms with Gasteiger partial charge in [-0.1, -0.05) is 26.8 Å². The minimum atomic E-state index is -3.11. The van der Waals surface area contributed by atoms with Crippen molar-refractivity contribution in [3.8, 4) is 0 Å². The van der Waals surface area contributed by atoms with Gasteiger partial charge >= 0.3 is 7.60 Å². The Hall–Kier alpha value is -0.110. The van der Waals surface area contributed by atoms with E-state index in [1.165, 1.54) is 0 Å². The molecular formula is C12H25O3P. The molecule has 96 valence electrons. The Labute approximate surface area is 99.8 Å². The molecule has 0 spiro atoms. The first-order valence-electron chi connectivity index (χ1n) is 5.71. The number of allylic oxidation sites excluding steroid dienone is 1. The first-order valence-corrected chi connectivity index (χ1v) is 7.32. The fraction of sp³-hybridized carbons (Fsp3) is 0.833. The fourth-order valence-corrected chi connectivity index (χ4v) is 2.99. The van der Waals surface area contributed by atoms with E-state index in [0.717, 1.165) is 0 Å². The molecular weight excluding hydrogens is 223 g/mol. The van der Waals surface area contributed by atoms with E-state index in [2.05, 4.69) is 0 Å². The average molecular weight is 248 g/mol. The zero-order valence-corrected chi connectivity index (χ0v) is 12.4. The summed E-state index contributed by atoms with van der Waals surface area (Å²) in [5.74, 6) is 1.58. The van der Waals surface area contributed by atoms with Gasteiger partial charge in [0.1, 0.15) is 0 Å². The monoisotopic (exact) mass is 248 g/mol. The lowest BCUT2D eigenvalue weighted by molar-refractivity contribution is 0.149. The molecule has 0 radical (unpaired) electrons. The maximum atomic E-state index is 12.3. The lowest BCUT2D eigenvalue weighted by Crippen LogP contribution is -2.07. The van der Waals surface area contributed by atoms with Gasteiger partial charge in [-0.05, 0) is 33.1 Å². The Morgan fingerprint density at radius 2 is 1.38 bits per heavy atom. The van der Waals surface area contributed by atoms with Crippen LogP contribution in [0.4, 0.5) is 0 Å². The largest absolute Gasteiger partial charge is 0.354 e. The van der Waals surface area contributed by atoms with Crippen molar-refractivity contribution in [2.45, 2.75) is 60.7 Å². The summed E-state index contributed by atoms with van der Waals surface area (Å²) in [6.07, 6.45) is 1.64. The molecule has 0 aliphatic heterocycles. The summed E-state index contributed by atoms with van der Waals surface area (Å²) in [6.45, 7) is 13.5. The van der Waals surface area contributed by atoms with E-state index in [9.17, 15) is 4.57 Å². The van der Waals surface area contributed by atoms with Crippen molar-refractivity contribution >= 4 is 7.60 Å². The van der Waals surface area contributed by atoms with Gasteiger partial charge in [0.05, 0.1) is 12.2 Å². The Morgan fingerprint density at radius 1 is 1.00 bits per heavy atom. The molecule has 0 aromatic rings. The molecule has 4 heteroatoms. The average Bonchev–Trinajstić information content (AvgIpc) is 1.96. The highest BCUT2D eigenvalue weighted by molar-refractivity contribution is 7.57. The fourth-order valence-electron chi connectivity index (χ4n) is 0.998. The van der Waals surface area contributed by atoms with Crippen LogP contribution in [-0.4, -0.2) is 12.2 Å². The molecule has 0 aliphatic carbocycles. The zero-order chi connectivity index (χ0) is 13.0. The number of hydrogen-bond acceptors (Lipinski definition) is 3. The maximum absolute atomic E-state index is 12.3. The topological polar surface area (TPSA) is 35.5 Å². The van der Waals surface area contributed by atoms with Crippen LogP contribution in [0.5, 0.6) is 0 Å². The van der Waals surface area contributed by atoms with Crippen LogP contribution in [0.1, 0.15) is 48.5 Å². The highest BCUT2D eigenvalue weighted by atomic mass is 31.2. The van der Waals surface area contributed by atoms with E-state index in [0.29, 0.717) is 0 Å². The SMILES string of the molecule is CC(C)OP(=O)(/C=C/C(C)(C)C)OC(C)C. The molecule has 0 rings (SSSR count). The van der Waals surface area contributed by atoms with Crippen molar-refractivity contribution < 1.29 is 13.6 Å². The number of hydrogen-bond donors (Lipinski definition) is 0. The Morgan fingerprint density at radius 3 is 1.62 bits per heavy atom. The molecule has 0 heterocycles. The summed E-state index contributed by atoms with van der Waals surface area (Å²) in [4.78, 5) is 0. The molecule has 0 saturated carbocycles. The zero-order valence-electron chi connectivity index (χ0n) is 11.5. The third-order valence-corrected chi connectivity index (χ3v) is 3.42. The van der Waals surface area contributed by atoms with Crippen LogP contribution in [0.25, 0.3) is 0 Å². The van der Waals surface area contributed by atoms with Gasteiger partial charge in [-0.25, -0.2) is 0 Å². The molecule has 0 unspecified atom stereocenters. The van der Waals surface area contributed by atoms with E-state index < -0.39 is 7.60 Å². The third kappa shape index (κ3) is 8.09. The second-order valence-electron chi connectivity index (χ2n) is 5.53. The van der Waals surface area contributed by atoms with E-state index in [4.69, 9.17) is 9.05 Å². The van der Waals surface area contributed by atoms with E-state index in [-0.39, 0.29) is 17.6 Å². The molecule has 0 N–H and O–H groups in total. The molecule has 0 saturated heterocycles. The predicted molar refractivity (Wildman–Crippen MR) is 68.6 cm³/mol. The first-order chi connectivity index (χ1) is 7.04. The highest BCUT2D eigenvalue weighted by Gasteiger charge is 2.25. The van der Waals surface area contributed by atoms with Crippen LogP contribution in [0.15, 0.2) is 11.9 Å². The normalized spacial score (nSPS) is 14.3. The minimum absolute atomic E-state index is 0.0314. The molecule has 3 nitrogen and oxygen atoms in total. The molecule has 0 aromatic carbocycles. The van der Waals surface area contributed by atoms with Crippen LogP contribution in [0.3, 0.4) is 0 Å². The standard InChI is InChI=1S/C12H25O3P/c1-10(2)14-16(13,15-11(3)4)9-8-12(5,6)7/h8-11H,1-7H3/b9-8+. The lowest BCUT2D eigenvalue weighted by Gasteiger charge is -2.21. The summed E-state index contributed by atoms with van der Waals surface area (Å²) >= 11 is 0. The van der Waals surface area contributed by atoms with Gasteiger partial charge in [0.25, 0.3) is 0 Å². The predicted octanol–water partition coefficient (Wildman–Crippen LogP) is 4.59. The molecule has 0 bridgehead atoms. The van der Waals surface area contributed by atoms with Crippen LogP contribution in [0, 0.1) is 5.41 Å². The van der Waals surface area contributed by atoms with Crippen molar-refractivity contribution in [3.05, 3.63) is 11.9 Å². The van der Waals surface area contributed by atoms with Gasteiger partial charge in [-0.2, -0.15) is 0 Å². The van der Waals surface area contributed by atoms with E-state index in [1.807, 2.05) is 54.5 Å². The van der Waals surface area contributed by atoms with Crippen molar-refractivity contribution in [1.29, 1.82) is 0 Å². The minimum Gasteiger partial charge on any atom is -0.303 e. The van der Waals surface area contributed by atoms with Crippen molar-refractivity contribution in [2.75, 3.05) is 0 Å². The molecule has 0 fully saturated rings. The highest BCUT2D eigenvalue weighted by Crippen LogP contribution is 2.52. The van der Waals surface area contributed by atoms with E-state index in [1.54, 1.807) is 5.82 Å². The molecule has 0 atom stereocenters. The Kier molecular flexibility index (Phi) is 5.95. The molecule has 0 amide bonds. The van der Waals surface area contributed by atoms with Crippen molar-refractivity contribution in [2.24, 2.45) is 5.41 Å². The summed E-state index contributed by atoms with van der Waals surface area (Å²) in [5.41, 5.74) is -0.0314. The Balaban J connectivity index is 4.80. The van der Waals surface area contributed by atoms with Gasteiger partial charge in [0.2, 0.25) is 0 Å². The van der Waals surface area contributed by atoms with Gasteiger partial charge in [0, 0.05) is 5.82 Å². The van der Waals surface area contributed by atoms with E-state index >= 15 is 0 Å².